The number of carbonyl (C=O) groups excluding carboxylic acids is 2. The van der Waals surface area contributed by atoms with Crippen LogP contribution in [-0.2, 0) is 9.53 Å². The topological polar surface area (TPSA) is 70.7 Å². The number of nitrogens with one attached hydrogen (secondary N) is 2. The monoisotopic (exact) mass is 337 g/mol. The van der Waals surface area contributed by atoms with Gasteiger partial charge in [0.05, 0.1) is 17.7 Å². The molecule has 2 atom stereocenters. The molecule has 2 N–H and O–H groups in total. The summed E-state index contributed by atoms with van der Waals surface area (Å²) in [5, 5.41) is 6.62. The Morgan fingerprint density at radius 3 is 3.13 bits per heavy atom. The van der Waals surface area contributed by atoms with E-state index in [2.05, 4.69) is 10.6 Å². The first-order valence-corrected chi connectivity index (χ1v) is 8.20. The lowest BCUT2D eigenvalue weighted by Gasteiger charge is -2.41. The fraction of sp³-hybridized carbons (Fsp3) is 0.500. The van der Waals surface area contributed by atoms with E-state index in [9.17, 15) is 9.59 Å². The van der Waals surface area contributed by atoms with Gasteiger partial charge in [0.15, 0.2) is 0 Å². The summed E-state index contributed by atoms with van der Waals surface area (Å²) in [4.78, 5) is 26.1. The van der Waals surface area contributed by atoms with E-state index < -0.39 is 0 Å². The second-order valence-electron chi connectivity index (χ2n) is 5.78. The summed E-state index contributed by atoms with van der Waals surface area (Å²) in [6, 6.07) is 5.12. The summed E-state index contributed by atoms with van der Waals surface area (Å²) in [5.74, 6) is -0.210. The van der Waals surface area contributed by atoms with Gasteiger partial charge in [-0.3, -0.25) is 9.59 Å². The third-order valence-electron chi connectivity index (χ3n) is 4.19. The van der Waals surface area contributed by atoms with Crippen LogP contribution in [0.1, 0.15) is 23.7 Å². The van der Waals surface area contributed by atoms with Crippen LogP contribution >= 0.6 is 11.6 Å². The van der Waals surface area contributed by atoms with Gasteiger partial charge in [0, 0.05) is 30.3 Å². The number of likely N-dealkylation sites (tertiary alicyclic amines) is 1. The minimum atomic E-state index is -0.143. The van der Waals surface area contributed by atoms with Crippen molar-refractivity contribution in [3.63, 3.8) is 0 Å². The molecule has 0 spiro atoms. The van der Waals surface area contributed by atoms with Crippen molar-refractivity contribution in [2.75, 3.05) is 31.6 Å². The number of benzene rings is 1. The lowest BCUT2D eigenvalue weighted by Crippen LogP contribution is -2.61. The fourth-order valence-electron chi connectivity index (χ4n) is 3.09. The SMILES string of the molecule is CCNc1ccc(Cl)cc1C(=O)N1CC[C@@H]2OCC(=O)N[C@@H]2C1. The molecule has 2 amide bonds. The van der Waals surface area contributed by atoms with Gasteiger partial charge in [0.1, 0.15) is 6.61 Å². The van der Waals surface area contributed by atoms with Gasteiger partial charge in [-0.25, -0.2) is 0 Å². The maximum Gasteiger partial charge on any atom is 0.256 e. The highest BCUT2D eigenvalue weighted by molar-refractivity contribution is 6.31. The Morgan fingerprint density at radius 1 is 1.52 bits per heavy atom. The van der Waals surface area contributed by atoms with E-state index in [1.165, 1.54) is 0 Å². The number of anilines is 1. The molecule has 0 aliphatic carbocycles. The lowest BCUT2D eigenvalue weighted by molar-refractivity contribution is -0.139. The van der Waals surface area contributed by atoms with Gasteiger partial charge in [-0.05, 0) is 31.5 Å². The number of piperidine rings is 1. The highest BCUT2D eigenvalue weighted by Crippen LogP contribution is 2.25. The zero-order valence-corrected chi connectivity index (χ0v) is 13.7. The minimum absolute atomic E-state index is 0.00986. The predicted octanol–water partition coefficient (Wildman–Crippen LogP) is 1.50. The van der Waals surface area contributed by atoms with Crippen LogP contribution in [0.2, 0.25) is 5.02 Å². The fourth-order valence-corrected chi connectivity index (χ4v) is 3.26. The summed E-state index contributed by atoms with van der Waals surface area (Å²) in [7, 11) is 0. The largest absolute Gasteiger partial charge is 0.385 e. The molecule has 6 nitrogen and oxygen atoms in total. The van der Waals surface area contributed by atoms with Crippen LogP contribution in [0.3, 0.4) is 0 Å². The molecule has 2 aliphatic heterocycles. The number of nitrogens with zero attached hydrogens (tertiary/aromatic N) is 1. The molecular weight excluding hydrogens is 318 g/mol. The standard InChI is InChI=1S/C16H20ClN3O3/c1-2-18-12-4-3-10(17)7-11(12)16(22)20-6-5-14-13(8-20)19-15(21)9-23-14/h3-4,7,13-14,18H,2,5-6,8-9H2,1H3,(H,19,21)/t13-,14+/m1/s1. The van der Waals surface area contributed by atoms with Crippen molar-refractivity contribution in [3.05, 3.63) is 28.8 Å². The van der Waals surface area contributed by atoms with Gasteiger partial charge >= 0.3 is 0 Å². The van der Waals surface area contributed by atoms with Crippen LogP contribution in [0.25, 0.3) is 0 Å². The second-order valence-corrected chi connectivity index (χ2v) is 6.22. The Kier molecular flexibility index (Phi) is 4.73. The van der Waals surface area contributed by atoms with Crippen LogP contribution in [-0.4, -0.2) is 55.1 Å². The van der Waals surface area contributed by atoms with Gasteiger partial charge in [0.2, 0.25) is 5.91 Å². The van der Waals surface area contributed by atoms with Gasteiger partial charge in [0.25, 0.3) is 5.91 Å². The molecule has 1 aromatic rings. The van der Waals surface area contributed by atoms with Crippen LogP contribution in [0.4, 0.5) is 5.69 Å². The first-order valence-electron chi connectivity index (χ1n) is 7.82. The lowest BCUT2D eigenvalue weighted by atomic mass is 9.99. The van der Waals surface area contributed by atoms with Crippen LogP contribution in [0, 0.1) is 0 Å². The van der Waals surface area contributed by atoms with Gasteiger partial charge < -0.3 is 20.3 Å². The van der Waals surface area contributed by atoms with Gasteiger partial charge in [-0.1, -0.05) is 11.6 Å². The van der Waals surface area contributed by atoms with Crippen molar-refractivity contribution in [2.24, 2.45) is 0 Å². The zero-order valence-electron chi connectivity index (χ0n) is 13.0. The maximum absolute atomic E-state index is 12.9. The van der Waals surface area contributed by atoms with Crippen LogP contribution in [0.15, 0.2) is 18.2 Å². The molecule has 2 saturated heterocycles. The Bertz CT molecular complexity index is 623. The third kappa shape index (κ3) is 3.43. The minimum Gasteiger partial charge on any atom is -0.385 e. The molecule has 0 radical (unpaired) electrons. The van der Waals surface area contributed by atoms with E-state index in [-0.39, 0.29) is 30.6 Å². The number of ether oxygens (including phenoxy) is 1. The van der Waals surface area contributed by atoms with Crippen molar-refractivity contribution < 1.29 is 14.3 Å². The molecule has 2 fully saturated rings. The number of rotatable bonds is 3. The normalized spacial score (nSPS) is 23.9. The predicted molar refractivity (Wildman–Crippen MR) is 87.8 cm³/mol. The first-order chi connectivity index (χ1) is 11.1. The first kappa shape index (κ1) is 16.1. The molecule has 124 valence electrons. The number of halogens is 1. The molecule has 2 aliphatic rings. The van der Waals surface area contributed by atoms with Crippen molar-refractivity contribution in [2.45, 2.75) is 25.5 Å². The Labute approximate surface area is 140 Å². The smallest absolute Gasteiger partial charge is 0.256 e. The molecule has 0 aromatic heterocycles. The van der Waals surface area contributed by atoms with Crippen molar-refractivity contribution in [3.8, 4) is 0 Å². The Balaban J connectivity index is 1.78. The summed E-state index contributed by atoms with van der Waals surface area (Å²) in [5.41, 5.74) is 1.33. The summed E-state index contributed by atoms with van der Waals surface area (Å²) >= 11 is 6.05. The summed E-state index contributed by atoms with van der Waals surface area (Å²) in [6.45, 7) is 3.86. The number of morpholine rings is 1. The molecular formula is C16H20ClN3O3. The zero-order chi connectivity index (χ0) is 16.4. The number of amides is 2. The molecule has 23 heavy (non-hydrogen) atoms. The Morgan fingerprint density at radius 2 is 2.35 bits per heavy atom. The number of carbonyl (C=O) groups is 2. The molecule has 0 unspecified atom stereocenters. The number of hydrogen-bond acceptors (Lipinski definition) is 4. The van der Waals surface area contributed by atoms with E-state index in [0.717, 1.165) is 12.2 Å². The Hall–Kier alpha value is -1.79. The maximum atomic E-state index is 12.9. The van der Waals surface area contributed by atoms with E-state index in [0.29, 0.717) is 30.1 Å². The van der Waals surface area contributed by atoms with E-state index >= 15 is 0 Å². The molecule has 3 rings (SSSR count). The van der Waals surface area contributed by atoms with E-state index in [4.69, 9.17) is 16.3 Å². The number of fused-ring (bicyclic) bond motifs is 1. The van der Waals surface area contributed by atoms with Crippen LogP contribution < -0.4 is 10.6 Å². The average molecular weight is 338 g/mol. The van der Waals surface area contributed by atoms with Gasteiger partial charge in [-0.2, -0.15) is 0 Å². The number of hydrogen-bond donors (Lipinski definition) is 2. The van der Waals surface area contributed by atoms with Crippen molar-refractivity contribution in [1.82, 2.24) is 10.2 Å². The molecule has 1 aromatic carbocycles. The van der Waals surface area contributed by atoms with Crippen molar-refractivity contribution in [1.29, 1.82) is 0 Å². The molecule has 7 heteroatoms. The van der Waals surface area contributed by atoms with Gasteiger partial charge in [-0.15, -0.1) is 0 Å². The summed E-state index contributed by atoms with van der Waals surface area (Å²) < 4.78 is 5.53. The second kappa shape index (κ2) is 6.76. The van der Waals surface area contributed by atoms with Crippen molar-refractivity contribution >= 4 is 29.1 Å². The third-order valence-corrected chi connectivity index (χ3v) is 4.43. The van der Waals surface area contributed by atoms with E-state index in [1.54, 1.807) is 17.0 Å². The quantitative estimate of drug-likeness (QED) is 0.877. The van der Waals surface area contributed by atoms with Crippen LogP contribution in [0.5, 0.6) is 0 Å². The molecule has 0 bridgehead atoms. The molecule has 0 saturated carbocycles. The molecule has 2 heterocycles. The average Bonchev–Trinajstić information content (AvgIpc) is 2.55. The highest BCUT2D eigenvalue weighted by atomic mass is 35.5. The van der Waals surface area contributed by atoms with E-state index in [1.807, 2.05) is 13.0 Å². The summed E-state index contributed by atoms with van der Waals surface area (Å²) in [6.07, 6.45) is 0.706. The highest BCUT2D eigenvalue weighted by Gasteiger charge is 2.36.